The van der Waals surface area contributed by atoms with Crippen LogP contribution in [0.4, 0.5) is 0 Å². The molecule has 1 N–H and O–H groups in total. The van der Waals surface area contributed by atoms with Gasteiger partial charge in [0.15, 0.2) is 0 Å². The summed E-state index contributed by atoms with van der Waals surface area (Å²) in [7, 11) is 4.10. The van der Waals surface area contributed by atoms with Crippen LogP contribution in [0.1, 0.15) is 27.2 Å². The van der Waals surface area contributed by atoms with E-state index < -0.39 is 0 Å². The maximum Gasteiger partial charge on any atom is 0.233 e. The molecule has 0 saturated heterocycles. The molecule has 0 fully saturated rings. The molecule has 0 aliphatic heterocycles. The number of halogens is 1. The summed E-state index contributed by atoms with van der Waals surface area (Å²) < 4.78 is 0. The van der Waals surface area contributed by atoms with E-state index in [0.29, 0.717) is 12.0 Å². The quantitative estimate of drug-likeness (QED) is 0.753. The first-order valence-corrected chi connectivity index (χ1v) is 6.34. The second-order valence-electron chi connectivity index (χ2n) is 4.61. The summed E-state index contributed by atoms with van der Waals surface area (Å²) in [6, 6.07) is 0.417. The maximum absolute atomic E-state index is 11.4. The van der Waals surface area contributed by atoms with Crippen molar-refractivity contribution in [3.05, 3.63) is 0 Å². The van der Waals surface area contributed by atoms with E-state index in [2.05, 4.69) is 54.1 Å². The molecule has 0 spiro atoms. The molecule has 0 heterocycles. The first-order chi connectivity index (χ1) is 6.84. The molecule has 1 amide bonds. The zero-order valence-electron chi connectivity index (χ0n) is 10.4. The van der Waals surface area contributed by atoms with Gasteiger partial charge in [0.1, 0.15) is 0 Å². The third-order valence-corrected chi connectivity index (χ3v) is 2.76. The van der Waals surface area contributed by atoms with Crippen molar-refractivity contribution in [1.29, 1.82) is 0 Å². The number of carbonyl (C=O) groups excluding carboxylic acids is 1. The van der Waals surface area contributed by atoms with Gasteiger partial charge in [-0.3, -0.25) is 4.79 Å². The van der Waals surface area contributed by atoms with Gasteiger partial charge in [-0.15, -0.1) is 0 Å². The van der Waals surface area contributed by atoms with Crippen LogP contribution in [-0.2, 0) is 4.79 Å². The number of nitrogens with one attached hydrogen (secondary N) is 1. The highest BCUT2D eigenvalue weighted by atomic mass is 79.9. The minimum atomic E-state index is -0.112. The minimum absolute atomic E-state index is 0.0607. The molecule has 0 radical (unpaired) electrons. The van der Waals surface area contributed by atoms with Crippen LogP contribution in [0.5, 0.6) is 0 Å². The highest BCUT2D eigenvalue weighted by molar-refractivity contribution is 9.10. The summed E-state index contributed by atoms with van der Waals surface area (Å²) in [6.45, 7) is 6.96. The topological polar surface area (TPSA) is 32.3 Å². The van der Waals surface area contributed by atoms with E-state index in [1.165, 1.54) is 0 Å². The lowest BCUT2D eigenvalue weighted by atomic mass is 10.0. The summed E-state index contributed by atoms with van der Waals surface area (Å²) in [5.74, 6) is 0.710. The van der Waals surface area contributed by atoms with Gasteiger partial charge in [-0.2, -0.15) is 0 Å². The van der Waals surface area contributed by atoms with Crippen LogP contribution in [0.15, 0.2) is 0 Å². The van der Waals surface area contributed by atoms with Gasteiger partial charge in [-0.25, -0.2) is 0 Å². The van der Waals surface area contributed by atoms with Gasteiger partial charge in [0.2, 0.25) is 5.91 Å². The molecule has 0 saturated carbocycles. The molecule has 0 aromatic rings. The molecule has 0 aromatic heterocycles. The Balaban J connectivity index is 4.02. The predicted molar refractivity (Wildman–Crippen MR) is 68.3 cm³/mol. The average Bonchev–Trinajstić information content (AvgIpc) is 2.10. The molecule has 4 heteroatoms. The Labute approximate surface area is 102 Å². The van der Waals surface area contributed by atoms with E-state index in [-0.39, 0.29) is 10.7 Å². The summed E-state index contributed by atoms with van der Waals surface area (Å²) in [5.41, 5.74) is 0. The molecule has 90 valence electrons. The lowest BCUT2D eigenvalue weighted by molar-refractivity contribution is -0.120. The van der Waals surface area contributed by atoms with Crippen molar-refractivity contribution in [3.63, 3.8) is 0 Å². The van der Waals surface area contributed by atoms with Gasteiger partial charge >= 0.3 is 0 Å². The average molecular weight is 279 g/mol. The predicted octanol–water partition coefficient (Wildman–Crippen LogP) is 1.86. The standard InChI is InChI=1S/C11H23BrN2O/c1-8(2)6-10(14(4)5)7-13-11(15)9(3)12/h8-10H,6-7H2,1-5H3,(H,13,15). The van der Waals surface area contributed by atoms with Crippen LogP contribution >= 0.6 is 15.9 Å². The molecule has 0 aromatic carbocycles. The Kier molecular flexibility index (Phi) is 7.18. The zero-order chi connectivity index (χ0) is 12.0. The molecule has 0 aliphatic carbocycles. The Morgan fingerprint density at radius 1 is 1.33 bits per heavy atom. The Morgan fingerprint density at radius 2 is 1.87 bits per heavy atom. The van der Waals surface area contributed by atoms with E-state index >= 15 is 0 Å². The number of rotatable bonds is 6. The number of hydrogen-bond acceptors (Lipinski definition) is 2. The van der Waals surface area contributed by atoms with E-state index in [0.717, 1.165) is 13.0 Å². The summed E-state index contributed by atoms with van der Waals surface area (Å²) in [5, 5.41) is 2.94. The number of carbonyl (C=O) groups is 1. The van der Waals surface area contributed by atoms with Crippen molar-refractivity contribution in [2.75, 3.05) is 20.6 Å². The first-order valence-electron chi connectivity index (χ1n) is 5.42. The molecular formula is C11H23BrN2O. The highest BCUT2D eigenvalue weighted by Gasteiger charge is 2.15. The third-order valence-electron chi connectivity index (χ3n) is 2.35. The molecule has 0 bridgehead atoms. The van der Waals surface area contributed by atoms with E-state index in [9.17, 15) is 4.79 Å². The fourth-order valence-corrected chi connectivity index (χ4v) is 1.54. The fraction of sp³-hybridized carbons (Fsp3) is 0.909. The molecule has 0 aliphatic rings. The molecule has 0 rings (SSSR count). The van der Waals surface area contributed by atoms with Crippen molar-refractivity contribution in [2.24, 2.45) is 5.92 Å². The third kappa shape index (κ3) is 6.90. The maximum atomic E-state index is 11.4. The van der Waals surface area contributed by atoms with Gasteiger partial charge in [-0.05, 0) is 33.4 Å². The van der Waals surface area contributed by atoms with Gasteiger partial charge in [0.05, 0.1) is 4.83 Å². The minimum Gasteiger partial charge on any atom is -0.354 e. The number of alkyl halides is 1. The van der Waals surface area contributed by atoms with Gasteiger partial charge in [-0.1, -0.05) is 29.8 Å². The van der Waals surface area contributed by atoms with Crippen molar-refractivity contribution in [3.8, 4) is 0 Å². The summed E-state index contributed by atoms with van der Waals surface area (Å²) in [4.78, 5) is 13.4. The number of amides is 1. The van der Waals surface area contributed by atoms with Crippen LogP contribution in [0.25, 0.3) is 0 Å². The van der Waals surface area contributed by atoms with Gasteiger partial charge < -0.3 is 10.2 Å². The lowest BCUT2D eigenvalue weighted by Crippen LogP contribution is -2.42. The highest BCUT2D eigenvalue weighted by Crippen LogP contribution is 2.08. The second kappa shape index (κ2) is 7.23. The van der Waals surface area contributed by atoms with Crippen LogP contribution in [0, 0.1) is 5.92 Å². The number of likely N-dealkylation sites (N-methyl/N-ethyl adjacent to an activating group) is 1. The van der Waals surface area contributed by atoms with Crippen LogP contribution in [-0.4, -0.2) is 42.3 Å². The molecule has 3 nitrogen and oxygen atoms in total. The summed E-state index contributed by atoms with van der Waals surface area (Å²) in [6.07, 6.45) is 1.10. The summed E-state index contributed by atoms with van der Waals surface area (Å²) >= 11 is 3.25. The van der Waals surface area contributed by atoms with Crippen molar-refractivity contribution in [2.45, 2.75) is 38.1 Å². The van der Waals surface area contributed by atoms with E-state index in [1.807, 2.05) is 6.92 Å². The Hall–Kier alpha value is -0.0900. The van der Waals surface area contributed by atoms with E-state index in [4.69, 9.17) is 0 Å². The Morgan fingerprint density at radius 3 is 2.20 bits per heavy atom. The van der Waals surface area contributed by atoms with E-state index in [1.54, 1.807) is 0 Å². The number of hydrogen-bond donors (Lipinski definition) is 1. The second-order valence-corrected chi connectivity index (χ2v) is 5.98. The lowest BCUT2D eigenvalue weighted by Gasteiger charge is -2.26. The van der Waals surface area contributed by atoms with Gasteiger partial charge in [0, 0.05) is 12.6 Å². The molecule has 2 atom stereocenters. The van der Waals surface area contributed by atoms with Gasteiger partial charge in [0.25, 0.3) is 0 Å². The fourth-order valence-electron chi connectivity index (χ4n) is 1.38. The number of nitrogens with zero attached hydrogens (tertiary/aromatic N) is 1. The molecule has 2 unspecified atom stereocenters. The van der Waals surface area contributed by atoms with Crippen LogP contribution in [0.2, 0.25) is 0 Å². The van der Waals surface area contributed by atoms with Crippen LogP contribution in [0.3, 0.4) is 0 Å². The largest absolute Gasteiger partial charge is 0.354 e. The van der Waals surface area contributed by atoms with Crippen molar-refractivity contribution >= 4 is 21.8 Å². The molecular weight excluding hydrogens is 256 g/mol. The van der Waals surface area contributed by atoms with Crippen LogP contribution < -0.4 is 5.32 Å². The molecule has 15 heavy (non-hydrogen) atoms. The SMILES string of the molecule is CC(C)CC(CNC(=O)C(C)Br)N(C)C. The zero-order valence-corrected chi connectivity index (χ0v) is 12.0. The smallest absolute Gasteiger partial charge is 0.233 e. The first kappa shape index (κ1) is 14.9. The van der Waals surface area contributed by atoms with Crippen molar-refractivity contribution < 1.29 is 4.79 Å². The normalized spacial score (nSPS) is 15.5. The monoisotopic (exact) mass is 278 g/mol. The van der Waals surface area contributed by atoms with Crippen molar-refractivity contribution in [1.82, 2.24) is 10.2 Å². The Bertz CT molecular complexity index is 193.